The molecule has 1 aromatic carbocycles. The Hall–Kier alpha value is -2.66. The van der Waals surface area contributed by atoms with Crippen molar-refractivity contribution in [1.29, 1.82) is 0 Å². The van der Waals surface area contributed by atoms with Gasteiger partial charge in [0.15, 0.2) is 0 Å². The summed E-state index contributed by atoms with van der Waals surface area (Å²) in [6, 6.07) is 9.11. The molecule has 0 aliphatic rings. The highest BCUT2D eigenvalue weighted by Gasteiger charge is 2.13. The number of amides is 1. The van der Waals surface area contributed by atoms with Crippen LogP contribution in [0.2, 0.25) is 5.02 Å². The van der Waals surface area contributed by atoms with E-state index in [-0.39, 0.29) is 12.0 Å². The van der Waals surface area contributed by atoms with Crippen LogP contribution in [0.15, 0.2) is 42.7 Å². The van der Waals surface area contributed by atoms with Gasteiger partial charge in [-0.1, -0.05) is 17.7 Å². The number of anilines is 1. The van der Waals surface area contributed by atoms with E-state index in [4.69, 9.17) is 16.3 Å². The van der Waals surface area contributed by atoms with Crippen LogP contribution in [-0.4, -0.2) is 22.0 Å². The third-order valence-corrected chi connectivity index (χ3v) is 3.91. The molecule has 1 amide bonds. The van der Waals surface area contributed by atoms with Gasteiger partial charge in [-0.2, -0.15) is 0 Å². The summed E-state index contributed by atoms with van der Waals surface area (Å²) < 4.78 is 5.49. The van der Waals surface area contributed by atoms with E-state index >= 15 is 0 Å². The predicted octanol–water partition coefficient (Wildman–Crippen LogP) is 4.63. The van der Waals surface area contributed by atoms with E-state index in [1.165, 1.54) is 6.20 Å². The Morgan fingerprint density at radius 1 is 1.24 bits per heavy atom. The van der Waals surface area contributed by atoms with Gasteiger partial charge in [0.1, 0.15) is 5.02 Å². The van der Waals surface area contributed by atoms with Crippen molar-refractivity contribution >= 4 is 34.1 Å². The van der Waals surface area contributed by atoms with E-state index in [9.17, 15) is 4.79 Å². The van der Waals surface area contributed by atoms with Crippen molar-refractivity contribution in [2.75, 3.05) is 5.32 Å². The second kappa shape index (κ2) is 7.07. The lowest BCUT2D eigenvalue weighted by Crippen LogP contribution is -2.14. The lowest BCUT2D eigenvalue weighted by molar-refractivity contribution is 0.102. The Bertz CT molecular complexity index is 941. The van der Waals surface area contributed by atoms with Crippen LogP contribution in [0.1, 0.15) is 29.8 Å². The van der Waals surface area contributed by atoms with Crippen LogP contribution in [0.25, 0.3) is 10.9 Å². The number of nitrogens with one attached hydrogen (secondary N) is 1. The van der Waals surface area contributed by atoms with Gasteiger partial charge >= 0.3 is 0 Å². The Morgan fingerprint density at radius 2 is 2.04 bits per heavy atom. The minimum Gasteiger partial charge on any atom is -0.474 e. The molecule has 0 saturated carbocycles. The molecular weight excluding hydrogens is 338 g/mol. The van der Waals surface area contributed by atoms with Crippen LogP contribution in [0.5, 0.6) is 5.88 Å². The Morgan fingerprint density at radius 3 is 2.76 bits per heavy atom. The average molecular weight is 356 g/mol. The fourth-order valence-corrected chi connectivity index (χ4v) is 2.69. The molecule has 2 heterocycles. The maximum Gasteiger partial charge on any atom is 0.257 e. The van der Waals surface area contributed by atoms with E-state index in [0.29, 0.717) is 22.2 Å². The molecule has 0 bridgehead atoms. The molecule has 3 aromatic rings. The van der Waals surface area contributed by atoms with Crippen molar-refractivity contribution in [3.63, 3.8) is 0 Å². The molecule has 0 spiro atoms. The molecule has 0 radical (unpaired) electrons. The lowest BCUT2D eigenvalue weighted by Gasteiger charge is -2.12. The quantitative estimate of drug-likeness (QED) is 0.741. The molecule has 0 aliphatic carbocycles. The maximum absolute atomic E-state index is 12.6. The second-order valence-electron chi connectivity index (χ2n) is 5.96. The van der Waals surface area contributed by atoms with E-state index in [0.717, 1.165) is 16.5 Å². The summed E-state index contributed by atoms with van der Waals surface area (Å²) in [5.41, 5.74) is 2.96. The van der Waals surface area contributed by atoms with Crippen LogP contribution >= 0.6 is 11.6 Å². The van der Waals surface area contributed by atoms with E-state index in [1.807, 2.05) is 45.0 Å². The first-order valence-electron chi connectivity index (χ1n) is 7.93. The molecule has 0 aliphatic heterocycles. The number of aromatic nitrogens is 2. The summed E-state index contributed by atoms with van der Waals surface area (Å²) in [6.45, 7) is 5.75. The van der Waals surface area contributed by atoms with Gasteiger partial charge < -0.3 is 10.1 Å². The molecule has 5 nitrogen and oxygen atoms in total. The number of halogens is 1. The number of hydrogen-bond acceptors (Lipinski definition) is 4. The van der Waals surface area contributed by atoms with Crippen LogP contribution in [0.3, 0.4) is 0 Å². The number of benzene rings is 1. The lowest BCUT2D eigenvalue weighted by atomic mass is 10.1. The van der Waals surface area contributed by atoms with Gasteiger partial charge in [-0.15, -0.1) is 0 Å². The smallest absolute Gasteiger partial charge is 0.257 e. The minimum absolute atomic E-state index is 0.0453. The topological polar surface area (TPSA) is 64.1 Å². The van der Waals surface area contributed by atoms with Gasteiger partial charge in [0.2, 0.25) is 5.88 Å². The van der Waals surface area contributed by atoms with Crippen molar-refractivity contribution in [1.82, 2.24) is 9.97 Å². The number of aryl methyl sites for hydroxylation is 1. The Kier molecular flexibility index (Phi) is 4.86. The minimum atomic E-state index is -0.292. The number of carbonyl (C=O) groups excluding carboxylic acids is 1. The Balaban J connectivity index is 1.88. The largest absolute Gasteiger partial charge is 0.474 e. The zero-order valence-electron chi connectivity index (χ0n) is 14.2. The van der Waals surface area contributed by atoms with E-state index < -0.39 is 0 Å². The number of rotatable bonds is 4. The van der Waals surface area contributed by atoms with Crippen LogP contribution < -0.4 is 10.1 Å². The summed E-state index contributed by atoms with van der Waals surface area (Å²) >= 11 is 6.16. The molecule has 2 aromatic heterocycles. The van der Waals surface area contributed by atoms with Crippen molar-refractivity contribution in [3.8, 4) is 5.88 Å². The van der Waals surface area contributed by atoms with E-state index in [1.54, 1.807) is 12.3 Å². The fraction of sp³-hybridized carbons (Fsp3) is 0.211. The SMILES string of the molecule is Cc1ccc(NC(=O)c2cnc(OC(C)C)c(Cl)c2)c2cccnc12. The van der Waals surface area contributed by atoms with Gasteiger partial charge in [0, 0.05) is 17.8 Å². The maximum atomic E-state index is 12.6. The van der Waals surface area contributed by atoms with Gasteiger partial charge in [-0.25, -0.2) is 4.98 Å². The molecule has 0 saturated heterocycles. The highest BCUT2D eigenvalue weighted by atomic mass is 35.5. The first-order chi connectivity index (χ1) is 12.0. The summed E-state index contributed by atoms with van der Waals surface area (Å²) in [5, 5.41) is 4.08. The summed E-state index contributed by atoms with van der Waals surface area (Å²) in [5.74, 6) is 0.0257. The predicted molar refractivity (Wildman–Crippen MR) is 99.4 cm³/mol. The monoisotopic (exact) mass is 355 g/mol. The first-order valence-corrected chi connectivity index (χ1v) is 8.31. The van der Waals surface area contributed by atoms with Crippen molar-refractivity contribution < 1.29 is 9.53 Å². The van der Waals surface area contributed by atoms with Gasteiger partial charge in [0.05, 0.1) is 22.9 Å². The number of pyridine rings is 2. The molecule has 0 unspecified atom stereocenters. The number of nitrogens with zero attached hydrogens (tertiary/aromatic N) is 2. The summed E-state index contributed by atoms with van der Waals surface area (Å²) in [7, 11) is 0. The molecular formula is C19H18ClN3O2. The average Bonchev–Trinajstić information content (AvgIpc) is 2.59. The molecule has 128 valence electrons. The third-order valence-electron chi connectivity index (χ3n) is 3.64. The molecule has 1 N–H and O–H groups in total. The van der Waals surface area contributed by atoms with Crippen molar-refractivity contribution in [2.45, 2.75) is 26.9 Å². The van der Waals surface area contributed by atoms with Crippen LogP contribution in [0.4, 0.5) is 5.69 Å². The zero-order chi connectivity index (χ0) is 18.0. The summed E-state index contributed by atoms with van der Waals surface area (Å²) in [4.78, 5) is 21.1. The van der Waals surface area contributed by atoms with Gasteiger partial charge in [0.25, 0.3) is 5.91 Å². The Labute approximate surface area is 151 Å². The van der Waals surface area contributed by atoms with Crippen LogP contribution in [-0.2, 0) is 0 Å². The standard InChI is InChI=1S/C19H18ClN3O2/c1-11(2)25-19-15(20)9-13(10-22-19)18(24)23-16-7-6-12(3)17-14(16)5-4-8-21-17/h4-11H,1-3H3,(H,23,24). The number of hydrogen-bond donors (Lipinski definition) is 1. The summed E-state index contributed by atoms with van der Waals surface area (Å²) in [6.07, 6.45) is 3.14. The van der Waals surface area contributed by atoms with Gasteiger partial charge in [-0.05, 0) is 50.6 Å². The highest BCUT2D eigenvalue weighted by molar-refractivity contribution is 6.32. The third kappa shape index (κ3) is 3.72. The zero-order valence-corrected chi connectivity index (χ0v) is 15.0. The highest BCUT2D eigenvalue weighted by Crippen LogP contribution is 2.27. The van der Waals surface area contributed by atoms with Crippen LogP contribution in [0, 0.1) is 6.92 Å². The molecule has 0 fully saturated rings. The number of fused-ring (bicyclic) bond motifs is 1. The number of carbonyl (C=O) groups is 1. The van der Waals surface area contributed by atoms with Crippen molar-refractivity contribution in [3.05, 3.63) is 58.9 Å². The van der Waals surface area contributed by atoms with Crippen molar-refractivity contribution in [2.24, 2.45) is 0 Å². The van der Waals surface area contributed by atoms with E-state index in [2.05, 4.69) is 15.3 Å². The first kappa shape index (κ1) is 17.2. The van der Waals surface area contributed by atoms with Gasteiger partial charge in [-0.3, -0.25) is 9.78 Å². The molecule has 3 rings (SSSR count). The number of ether oxygens (including phenoxy) is 1. The molecule has 6 heteroatoms. The normalized spacial score (nSPS) is 10.9. The fourth-order valence-electron chi connectivity index (χ4n) is 2.48. The second-order valence-corrected chi connectivity index (χ2v) is 6.37. The molecule has 0 atom stereocenters. The molecule has 25 heavy (non-hydrogen) atoms.